The number of hydrogen-bond acceptors (Lipinski definition) is 4. The normalized spacial score (nSPS) is 16.4. The average molecular weight is 347 g/mol. The van der Waals surface area contributed by atoms with Gasteiger partial charge in [0.05, 0.1) is 13.2 Å². The molecule has 1 atom stereocenters. The largest absolute Gasteiger partial charge is 0.450 e. The van der Waals surface area contributed by atoms with E-state index in [0.717, 1.165) is 12.1 Å². The SMILES string of the molecule is CCOC(=O)N1CCN(CC(=O)Nc2ccccc2[C@H](C)CC)CC1. The molecular weight excluding hydrogens is 318 g/mol. The topological polar surface area (TPSA) is 61.9 Å². The van der Waals surface area contributed by atoms with Gasteiger partial charge in [-0.2, -0.15) is 0 Å². The molecule has 0 unspecified atom stereocenters. The van der Waals surface area contributed by atoms with E-state index in [2.05, 4.69) is 30.1 Å². The molecule has 0 bridgehead atoms. The third kappa shape index (κ3) is 5.46. The Morgan fingerprint density at radius 2 is 1.84 bits per heavy atom. The van der Waals surface area contributed by atoms with Crippen molar-refractivity contribution in [2.75, 3.05) is 44.6 Å². The summed E-state index contributed by atoms with van der Waals surface area (Å²) in [6, 6.07) is 7.98. The van der Waals surface area contributed by atoms with E-state index in [1.165, 1.54) is 5.56 Å². The van der Waals surface area contributed by atoms with Crippen molar-refractivity contribution in [3.63, 3.8) is 0 Å². The van der Waals surface area contributed by atoms with Gasteiger partial charge in [0.1, 0.15) is 0 Å². The highest BCUT2D eigenvalue weighted by Crippen LogP contribution is 2.26. The van der Waals surface area contributed by atoms with Gasteiger partial charge in [-0.15, -0.1) is 0 Å². The number of piperazine rings is 1. The summed E-state index contributed by atoms with van der Waals surface area (Å²) in [5.74, 6) is 0.393. The van der Waals surface area contributed by atoms with E-state index in [-0.39, 0.29) is 12.0 Å². The number of carbonyl (C=O) groups excluding carboxylic acids is 2. The van der Waals surface area contributed by atoms with Crippen LogP contribution in [0.2, 0.25) is 0 Å². The molecule has 0 radical (unpaired) electrons. The van der Waals surface area contributed by atoms with Crippen LogP contribution in [0.1, 0.15) is 38.7 Å². The monoisotopic (exact) mass is 347 g/mol. The molecule has 138 valence electrons. The zero-order chi connectivity index (χ0) is 18.2. The number of amides is 2. The number of ether oxygens (including phenoxy) is 1. The number of carbonyl (C=O) groups is 2. The molecule has 1 heterocycles. The molecule has 1 aromatic rings. The van der Waals surface area contributed by atoms with Crippen LogP contribution in [0.25, 0.3) is 0 Å². The fraction of sp³-hybridized carbons (Fsp3) is 0.579. The summed E-state index contributed by atoms with van der Waals surface area (Å²) in [7, 11) is 0. The standard InChI is InChI=1S/C19H29N3O3/c1-4-15(3)16-8-6-7-9-17(16)20-18(23)14-21-10-12-22(13-11-21)19(24)25-5-2/h6-9,15H,4-5,10-14H2,1-3H3,(H,20,23)/t15-/m1/s1. The molecule has 2 amide bonds. The number of hydrogen-bond donors (Lipinski definition) is 1. The number of anilines is 1. The summed E-state index contributed by atoms with van der Waals surface area (Å²) in [5.41, 5.74) is 2.07. The molecule has 0 aliphatic carbocycles. The Labute approximate surface area is 150 Å². The van der Waals surface area contributed by atoms with Gasteiger partial charge in [0.15, 0.2) is 0 Å². The molecular formula is C19H29N3O3. The van der Waals surface area contributed by atoms with E-state index in [4.69, 9.17) is 4.74 Å². The highest BCUT2D eigenvalue weighted by atomic mass is 16.6. The molecule has 1 aliphatic heterocycles. The molecule has 1 aliphatic rings. The Morgan fingerprint density at radius 1 is 1.16 bits per heavy atom. The lowest BCUT2D eigenvalue weighted by atomic mass is 9.97. The van der Waals surface area contributed by atoms with Gasteiger partial charge in [-0.3, -0.25) is 9.69 Å². The lowest BCUT2D eigenvalue weighted by Gasteiger charge is -2.33. The smallest absolute Gasteiger partial charge is 0.409 e. The Balaban J connectivity index is 1.85. The number of benzene rings is 1. The molecule has 1 aromatic carbocycles. The van der Waals surface area contributed by atoms with Crippen molar-refractivity contribution in [3.8, 4) is 0 Å². The second-order valence-electron chi connectivity index (χ2n) is 6.41. The van der Waals surface area contributed by atoms with Gasteiger partial charge in [0, 0.05) is 31.9 Å². The van der Waals surface area contributed by atoms with Crippen LogP contribution in [0, 0.1) is 0 Å². The van der Waals surface area contributed by atoms with E-state index in [1.807, 2.05) is 18.2 Å². The maximum absolute atomic E-state index is 12.4. The summed E-state index contributed by atoms with van der Waals surface area (Å²) < 4.78 is 5.01. The molecule has 2 rings (SSSR count). The number of para-hydroxylation sites is 1. The zero-order valence-corrected chi connectivity index (χ0v) is 15.5. The summed E-state index contributed by atoms with van der Waals surface area (Å²) in [4.78, 5) is 27.9. The van der Waals surface area contributed by atoms with Crippen LogP contribution in [-0.2, 0) is 9.53 Å². The lowest BCUT2D eigenvalue weighted by Crippen LogP contribution is -2.50. The van der Waals surface area contributed by atoms with Crippen LogP contribution in [-0.4, -0.2) is 61.1 Å². The first kappa shape index (κ1) is 19.2. The predicted molar refractivity (Wildman–Crippen MR) is 98.8 cm³/mol. The molecule has 0 spiro atoms. The van der Waals surface area contributed by atoms with Gasteiger partial charge in [-0.05, 0) is 30.9 Å². The van der Waals surface area contributed by atoms with E-state index >= 15 is 0 Å². The summed E-state index contributed by atoms with van der Waals surface area (Å²) in [6.45, 7) is 9.38. The van der Waals surface area contributed by atoms with E-state index < -0.39 is 0 Å². The van der Waals surface area contributed by atoms with E-state index in [9.17, 15) is 9.59 Å². The summed E-state index contributed by atoms with van der Waals surface area (Å²) >= 11 is 0. The highest BCUT2D eigenvalue weighted by molar-refractivity contribution is 5.93. The number of nitrogens with one attached hydrogen (secondary N) is 1. The first-order chi connectivity index (χ1) is 12.0. The second kappa shape index (κ2) is 9.42. The quantitative estimate of drug-likeness (QED) is 0.859. The van der Waals surface area contributed by atoms with Crippen LogP contribution < -0.4 is 5.32 Å². The molecule has 6 nitrogen and oxygen atoms in total. The molecule has 1 fully saturated rings. The minimum Gasteiger partial charge on any atom is -0.450 e. The molecule has 1 saturated heterocycles. The van der Waals surface area contributed by atoms with Crippen molar-refractivity contribution in [1.29, 1.82) is 0 Å². The van der Waals surface area contributed by atoms with Gasteiger partial charge in [0.25, 0.3) is 0 Å². The van der Waals surface area contributed by atoms with Crippen molar-refractivity contribution in [3.05, 3.63) is 29.8 Å². The van der Waals surface area contributed by atoms with Gasteiger partial charge in [-0.1, -0.05) is 32.0 Å². The van der Waals surface area contributed by atoms with Crippen molar-refractivity contribution in [1.82, 2.24) is 9.80 Å². The maximum Gasteiger partial charge on any atom is 0.409 e. The van der Waals surface area contributed by atoms with Crippen LogP contribution in [0.4, 0.5) is 10.5 Å². The number of nitrogens with zero attached hydrogens (tertiary/aromatic N) is 2. The Morgan fingerprint density at radius 3 is 2.48 bits per heavy atom. The first-order valence-corrected chi connectivity index (χ1v) is 9.08. The minimum absolute atomic E-state index is 0.0136. The van der Waals surface area contributed by atoms with Crippen LogP contribution >= 0.6 is 0 Å². The van der Waals surface area contributed by atoms with Gasteiger partial charge in [0.2, 0.25) is 5.91 Å². The van der Waals surface area contributed by atoms with Crippen molar-refractivity contribution in [2.24, 2.45) is 0 Å². The first-order valence-electron chi connectivity index (χ1n) is 9.08. The van der Waals surface area contributed by atoms with Crippen molar-refractivity contribution >= 4 is 17.7 Å². The maximum atomic E-state index is 12.4. The van der Waals surface area contributed by atoms with E-state index in [0.29, 0.717) is 45.2 Å². The molecule has 0 saturated carbocycles. The molecule has 6 heteroatoms. The lowest BCUT2D eigenvalue weighted by molar-refractivity contribution is -0.117. The van der Waals surface area contributed by atoms with Crippen LogP contribution in [0.15, 0.2) is 24.3 Å². The predicted octanol–water partition coefficient (Wildman–Crippen LogP) is 2.91. The third-order valence-electron chi connectivity index (χ3n) is 4.64. The van der Waals surface area contributed by atoms with Crippen molar-refractivity contribution < 1.29 is 14.3 Å². The molecule has 25 heavy (non-hydrogen) atoms. The molecule has 0 aromatic heterocycles. The Kier molecular flexibility index (Phi) is 7.25. The summed E-state index contributed by atoms with van der Waals surface area (Å²) in [6.07, 6.45) is 0.761. The average Bonchev–Trinajstić information content (AvgIpc) is 2.62. The van der Waals surface area contributed by atoms with Crippen LogP contribution in [0.5, 0.6) is 0 Å². The highest BCUT2D eigenvalue weighted by Gasteiger charge is 2.23. The zero-order valence-electron chi connectivity index (χ0n) is 15.5. The van der Waals surface area contributed by atoms with Gasteiger partial charge < -0.3 is 15.0 Å². The summed E-state index contributed by atoms with van der Waals surface area (Å²) in [5, 5.41) is 3.04. The van der Waals surface area contributed by atoms with E-state index in [1.54, 1.807) is 11.8 Å². The van der Waals surface area contributed by atoms with Crippen molar-refractivity contribution in [2.45, 2.75) is 33.1 Å². The van der Waals surface area contributed by atoms with Gasteiger partial charge in [-0.25, -0.2) is 4.79 Å². The Hall–Kier alpha value is -2.08. The van der Waals surface area contributed by atoms with Gasteiger partial charge >= 0.3 is 6.09 Å². The third-order valence-corrected chi connectivity index (χ3v) is 4.64. The fourth-order valence-electron chi connectivity index (χ4n) is 2.96. The minimum atomic E-state index is -0.269. The van der Waals surface area contributed by atoms with Crippen LogP contribution in [0.3, 0.4) is 0 Å². The molecule has 1 N–H and O–H groups in total. The Bertz CT molecular complexity index is 583. The number of rotatable bonds is 6. The fourth-order valence-corrected chi connectivity index (χ4v) is 2.96. The second-order valence-corrected chi connectivity index (χ2v) is 6.41.